The van der Waals surface area contributed by atoms with Gasteiger partial charge in [-0.3, -0.25) is 4.98 Å². The first-order valence-electron chi connectivity index (χ1n) is 9.86. The third-order valence-corrected chi connectivity index (χ3v) is 4.61. The van der Waals surface area contributed by atoms with Crippen LogP contribution in [0, 0.1) is 11.3 Å². The highest BCUT2D eigenvalue weighted by Crippen LogP contribution is 2.32. The molecular weight excluding hydrogens is 396 g/mol. The molecule has 0 spiro atoms. The van der Waals surface area contributed by atoms with Crippen LogP contribution in [0.5, 0.6) is 0 Å². The molecular formula is C23H22N4O4. The van der Waals surface area contributed by atoms with Crippen molar-refractivity contribution in [1.82, 2.24) is 14.8 Å². The monoisotopic (exact) mass is 418 g/mol. The molecule has 4 rings (SSSR count). The molecule has 1 aliphatic carbocycles. The number of carbonyl (C=O) groups is 1. The number of aromatic nitrogens is 3. The zero-order chi connectivity index (χ0) is 22.0. The fraction of sp³-hybridized carbons (Fsp3) is 0.304. The topological polar surface area (TPSA) is 103 Å². The highest BCUT2D eigenvalue weighted by atomic mass is 16.6. The van der Waals surface area contributed by atoms with Crippen molar-refractivity contribution in [2.45, 2.75) is 45.5 Å². The number of hydrogen-bond donors (Lipinski definition) is 0. The quantitative estimate of drug-likeness (QED) is 0.620. The Hall–Kier alpha value is -3.70. The molecule has 0 N–H and O–H groups in total. The summed E-state index contributed by atoms with van der Waals surface area (Å²) >= 11 is 0. The smallest absolute Gasteiger partial charge is 0.435 e. The van der Waals surface area contributed by atoms with Crippen LogP contribution >= 0.6 is 0 Å². The molecule has 1 unspecified atom stereocenters. The Morgan fingerprint density at radius 3 is 3.00 bits per heavy atom. The van der Waals surface area contributed by atoms with Crippen molar-refractivity contribution in [3.05, 3.63) is 65.4 Å². The number of fused-ring (bicyclic) bond motifs is 1. The first-order valence-corrected chi connectivity index (χ1v) is 9.86. The lowest BCUT2D eigenvalue weighted by molar-refractivity contribution is 0.0513. The first-order chi connectivity index (χ1) is 14.8. The van der Waals surface area contributed by atoms with Gasteiger partial charge in [0.25, 0.3) is 0 Å². The molecule has 8 nitrogen and oxygen atoms in total. The lowest BCUT2D eigenvalue weighted by Gasteiger charge is -2.18. The van der Waals surface area contributed by atoms with Gasteiger partial charge < -0.3 is 13.9 Å². The van der Waals surface area contributed by atoms with Crippen LogP contribution in [0.3, 0.4) is 0 Å². The van der Waals surface area contributed by atoms with E-state index < -0.39 is 11.7 Å². The van der Waals surface area contributed by atoms with Gasteiger partial charge >= 0.3 is 6.09 Å². The third-order valence-electron chi connectivity index (χ3n) is 4.61. The highest BCUT2D eigenvalue weighted by Gasteiger charge is 2.22. The van der Waals surface area contributed by atoms with E-state index in [0.29, 0.717) is 29.9 Å². The van der Waals surface area contributed by atoms with Gasteiger partial charge in [0, 0.05) is 41.7 Å². The minimum Gasteiger partial charge on any atom is -0.456 e. The van der Waals surface area contributed by atoms with Crippen molar-refractivity contribution < 1.29 is 18.7 Å². The Bertz CT molecular complexity index is 1180. The van der Waals surface area contributed by atoms with Gasteiger partial charge in [-0.25, -0.2) is 4.79 Å². The number of hydrogen-bond acceptors (Lipinski definition) is 7. The summed E-state index contributed by atoms with van der Waals surface area (Å²) in [4.78, 5) is 16.1. The number of carbonyl (C=O) groups excluding carboxylic acids is 1. The van der Waals surface area contributed by atoms with Crippen molar-refractivity contribution in [1.29, 1.82) is 5.26 Å². The summed E-state index contributed by atoms with van der Waals surface area (Å²) in [7, 11) is 0. The van der Waals surface area contributed by atoms with Gasteiger partial charge in [-0.1, -0.05) is 6.08 Å². The average molecular weight is 418 g/mol. The van der Waals surface area contributed by atoms with E-state index in [2.05, 4.69) is 16.2 Å². The van der Waals surface area contributed by atoms with Crippen molar-refractivity contribution in [3.8, 4) is 17.4 Å². The van der Waals surface area contributed by atoms with E-state index in [1.807, 2.05) is 18.2 Å². The van der Waals surface area contributed by atoms with Crippen LogP contribution in [-0.2, 0) is 22.5 Å². The lowest BCUT2D eigenvalue weighted by atomic mass is 10.0. The van der Waals surface area contributed by atoms with Gasteiger partial charge in [-0.15, -0.1) is 0 Å². The summed E-state index contributed by atoms with van der Waals surface area (Å²) in [6.45, 7) is 5.72. The maximum absolute atomic E-state index is 12.1. The fourth-order valence-corrected chi connectivity index (χ4v) is 3.21. The lowest BCUT2D eigenvalue weighted by Crippen LogP contribution is -2.27. The summed E-state index contributed by atoms with van der Waals surface area (Å²) in [5, 5.41) is 13.3. The number of pyridine rings is 1. The van der Waals surface area contributed by atoms with E-state index in [1.54, 1.807) is 45.4 Å². The SMILES string of the molecule is CC(C)(C)OC(=O)n1cc(COC2C=Cc3oc(-c4ccncc4C#N)cc3C2)cn1. The van der Waals surface area contributed by atoms with Crippen LogP contribution in [0.15, 0.2) is 47.4 Å². The minimum atomic E-state index is -0.585. The summed E-state index contributed by atoms with van der Waals surface area (Å²) < 4.78 is 18.4. The number of nitrogens with zero attached hydrogens (tertiary/aromatic N) is 4. The van der Waals surface area contributed by atoms with Gasteiger partial charge in [-0.2, -0.15) is 15.0 Å². The van der Waals surface area contributed by atoms with Gasteiger partial charge in [0.05, 0.1) is 24.5 Å². The molecule has 1 atom stereocenters. The van der Waals surface area contributed by atoms with Crippen LogP contribution in [0.4, 0.5) is 4.79 Å². The summed E-state index contributed by atoms with van der Waals surface area (Å²) in [5.41, 5.74) is 2.37. The van der Waals surface area contributed by atoms with E-state index >= 15 is 0 Å². The molecule has 3 aromatic heterocycles. The summed E-state index contributed by atoms with van der Waals surface area (Å²) in [6, 6.07) is 5.84. The van der Waals surface area contributed by atoms with Crippen molar-refractivity contribution in [2.24, 2.45) is 0 Å². The molecule has 1 aliphatic rings. The average Bonchev–Trinajstić information content (AvgIpc) is 3.37. The number of furan rings is 1. The molecule has 0 fully saturated rings. The summed E-state index contributed by atoms with van der Waals surface area (Å²) in [6.07, 6.45) is 10.1. The van der Waals surface area contributed by atoms with Crippen LogP contribution in [0.25, 0.3) is 17.4 Å². The molecule has 0 aromatic carbocycles. The molecule has 3 aromatic rings. The molecule has 8 heteroatoms. The maximum Gasteiger partial charge on any atom is 0.435 e. The Labute approximate surface area is 179 Å². The number of rotatable bonds is 4. The van der Waals surface area contributed by atoms with Gasteiger partial charge in [0.2, 0.25) is 0 Å². The zero-order valence-corrected chi connectivity index (χ0v) is 17.5. The predicted molar refractivity (Wildman–Crippen MR) is 112 cm³/mol. The Morgan fingerprint density at radius 2 is 2.23 bits per heavy atom. The Balaban J connectivity index is 1.39. The largest absolute Gasteiger partial charge is 0.456 e. The molecule has 0 aliphatic heterocycles. The van der Waals surface area contributed by atoms with E-state index in [1.165, 1.54) is 10.9 Å². The van der Waals surface area contributed by atoms with E-state index in [9.17, 15) is 10.1 Å². The first kappa shape index (κ1) is 20.6. The second-order valence-corrected chi connectivity index (χ2v) is 8.22. The molecule has 0 saturated carbocycles. The Morgan fingerprint density at radius 1 is 1.39 bits per heavy atom. The van der Waals surface area contributed by atoms with Crippen LogP contribution < -0.4 is 0 Å². The molecule has 0 saturated heterocycles. The van der Waals surface area contributed by atoms with E-state index in [4.69, 9.17) is 13.9 Å². The molecule has 0 radical (unpaired) electrons. The molecule has 3 heterocycles. The highest BCUT2D eigenvalue weighted by molar-refractivity contribution is 5.70. The van der Waals surface area contributed by atoms with Crippen molar-refractivity contribution in [2.75, 3.05) is 0 Å². The fourth-order valence-electron chi connectivity index (χ4n) is 3.21. The summed E-state index contributed by atoms with van der Waals surface area (Å²) in [5.74, 6) is 1.39. The van der Waals surface area contributed by atoms with E-state index in [-0.39, 0.29) is 6.10 Å². The molecule has 0 bridgehead atoms. The normalized spacial score (nSPS) is 15.4. The van der Waals surface area contributed by atoms with Gasteiger partial charge in [0.15, 0.2) is 0 Å². The predicted octanol–water partition coefficient (Wildman–Crippen LogP) is 4.35. The van der Waals surface area contributed by atoms with Gasteiger partial charge in [-0.05, 0) is 39.0 Å². The van der Waals surface area contributed by atoms with Crippen LogP contribution in [0.1, 0.15) is 43.2 Å². The Kier molecular flexibility index (Phi) is 5.44. The van der Waals surface area contributed by atoms with Crippen molar-refractivity contribution >= 4 is 12.2 Å². The van der Waals surface area contributed by atoms with Gasteiger partial charge in [0.1, 0.15) is 23.2 Å². The maximum atomic E-state index is 12.1. The molecule has 0 amide bonds. The number of ether oxygens (including phenoxy) is 2. The second-order valence-electron chi connectivity index (χ2n) is 8.22. The second kappa shape index (κ2) is 8.20. The molecule has 158 valence electrons. The zero-order valence-electron chi connectivity index (χ0n) is 17.5. The number of nitriles is 1. The minimum absolute atomic E-state index is 0.143. The third kappa shape index (κ3) is 4.73. The molecule has 31 heavy (non-hydrogen) atoms. The van der Waals surface area contributed by atoms with E-state index in [0.717, 1.165) is 16.9 Å². The van der Waals surface area contributed by atoms with Crippen molar-refractivity contribution in [3.63, 3.8) is 0 Å². The standard InChI is InChI=1S/C23H22N4O4/c1-23(2,3)31-22(28)27-13-15(11-26-27)14-29-18-4-5-20-16(8-18)9-21(30-20)19-6-7-25-12-17(19)10-24/h4-7,9,11-13,18H,8,14H2,1-3H3. The van der Waals surface area contributed by atoms with Crippen LogP contribution in [0.2, 0.25) is 0 Å². The van der Waals surface area contributed by atoms with Crippen LogP contribution in [-0.4, -0.2) is 32.6 Å².